The van der Waals surface area contributed by atoms with Gasteiger partial charge in [-0.25, -0.2) is 8.42 Å². The van der Waals surface area contributed by atoms with E-state index in [9.17, 15) is 13.0 Å². The van der Waals surface area contributed by atoms with Crippen LogP contribution in [0, 0.1) is 0 Å². The van der Waals surface area contributed by atoms with Gasteiger partial charge >= 0.3 is 29.6 Å². The Hall–Kier alpha value is -0.270. The van der Waals surface area contributed by atoms with Gasteiger partial charge in [0.1, 0.15) is 10.1 Å². The topological polar surface area (TPSA) is 81.3 Å². The summed E-state index contributed by atoms with van der Waals surface area (Å²) < 4.78 is 33.3. The molecule has 0 aromatic heterocycles. The first-order chi connectivity index (χ1) is 12.5. The largest absolute Gasteiger partial charge is 1.00 e. The van der Waals surface area contributed by atoms with E-state index in [2.05, 4.69) is 17.6 Å². The van der Waals surface area contributed by atoms with Crippen LogP contribution in [0.3, 0.4) is 0 Å². The van der Waals surface area contributed by atoms with Gasteiger partial charge in [-0.2, -0.15) is 0 Å². The molecule has 5 nitrogen and oxygen atoms in total. The molecule has 0 fully saturated rings. The molecular weight excluding hydrogens is 371 g/mol. The van der Waals surface area contributed by atoms with E-state index in [1.807, 2.05) is 0 Å². The second kappa shape index (κ2) is 13.0. The Labute approximate surface area is 187 Å². The monoisotopic (exact) mass is 404 g/mol. The molecule has 0 radical (unpaired) electrons. The Balaban J connectivity index is 0.00000364. The smallest absolute Gasteiger partial charge is 0.744 e. The summed E-state index contributed by atoms with van der Waals surface area (Å²) in [6, 6.07) is 4.44. The molecule has 1 aromatic rings. The van der Waals surface area contributed by atoms with Crippen LogP contribution in [0.5, 0.6) is 0 Å². The first-order valence-electron chi connectivity index (χ1n) is 10.1. The van der Waals surface area contributed by atoms with Crippen molar-refractivity contribution in [2.45, 2.75) is 95.0 Å². The zero-order chi connectivity index (χ0) is 18.8. The van der Waals surface area contributed by atoms with E-state index in [4.69, 9.17) is 0 Å². The molecule has 2 N–H and O–H groups in total. The van der Waals surface area contributed by atoms with Gasteiger partial charge in [-0.3, -0.25) is 0 Å². The Bertz CT molecular complexity index is 653. The molecule has 1 heterocycles. The molecule has 0 bridgehead atoms. The molecule has 0 saturated carbocycles. The fraction of sp³-hybridized carbons (Fsp3) is 0.700. The minimum atomic E-state index is -4.40. The Morgan fingerprint density at radius 2 is 1.37 bits per heavy atom. The molecule has 0 spiro atoms. The van der Waals surface area contributed by atoms with Crippen molar-refractivity contribution < 1.29 is 42.5 Å². The van der Waals surface area contributed by atoms with Gasteiger partial charge in [0.15, 0.2) is 0 Å². The van der Waals surface area contributed by atoms with Gasteiger partial charge in [-0.05, 0) is 31.0 Å². The van der Waals surface area contributed by atoms with Crippen molar-refractivity contribution in [1.29, 1.82) is 0 Å². The van der Waals surface area contributed by atoms with Crippen LogP contribution in [-0.2, 0) is 10.1 Å². The summed E-state index contributed by atoms with van der Waals surface area (Å²) in [5.74, 6) is 0. The Morgan fingerprint density at radius 1 is 0.852 bits per heavy atom. The maximum atomic E-state index is 11.1. The number of hydrogen-bond donors (Lipinski definition) is 2. The predicted molar refractivity (Wildman–Crippen MR) is 107 cm³/mol. The van der Waals surface area contributed by atoms with Crippen molar-refractivity contribution >= 4 is 21.5 Å². The molecular formula is C20H33N2NaO3S. The molecule has 0 amide bonds. The normalized spacial score (nSPS) is 15.6. The van der Waals surface area contributed by atoms with Crippen LogP contribution in [-0.4, -0.2) is 19.1 Å². The molecule has 0 saturated heterocycles. The molecule has 7 heteroatoms. The van der Waals surface area contributed by atoms with Gasteiger partial charge < -0.3 is 15.2 Å². The minimum Gasteiger partial charge on any atom is -0.744 e. The fourth-order valence-corrected chi connectivity index (χ4v) is 3.99. The van der Waals surface area contributed by atoms with E-state index in [1.54, 1.807) is 6.07 Å². The summed E-state index contributed by atoms with van der Waals surface area (Å²) in [7, 11) is -4.40. The number of benzene rings is 1. The average Bonchev–Trinajstić information content (AvgIpc) is 3.01. The number of unbranched alkanes of at least 4 members (excludes halogenated alkanes) is 10. The molecule has 1 atom stereocenters. The Morgan fingerprint density at radius 3 is 1.93 bits per heavy atom. The van der Waals surface area contributed by atoms with Gasteiger partial charge in [0.25, 0.3) is 0 Å². The molecule has 27 heavy (non-hydrogen) atoms. The van der Waals surface area contributed by atoms with Gasteiger partial charge in [0, 0.05) is 0 Å². The van der Waals surface area contributed by atoms with E-state index in [0.29, 0.717) is 5.69 Å². The first-order valence-corrected chi connectivity index (χ1v) is 11.5. The van der Waals surface area contributed by atoms with Crippen LogP contribution < -0.4 is 40.2 Å². The number of rotatable bonds is 13. The summed E-state index contributed by atoms with van der Waals surface area (Å²) in [5.41, 5.74) is 1.57. The molecule has 1 aliphatic rings. The van der Waals surface area contributed by atoms with Crippen molar-refractivity contribution in [3.05, 3.63) is 18.2 Å². The van der Waals surface area contributed by atoms with Crippen molar-refractivity contribution in [2.24, 2.45) is 0 Å². The second-order valence-electron chi connectivity index (χ2n) is 7.33. The van der Waals surface area contributed by atoms with Crippen molar-refractivity contribution in [2.75, 3.05) is 10.6 Å². The Kier molecular flexibility index (Phi) is 12.0. The van der Waals surface area contributed by atoms with Crippen LogP contribution in [0.4, 0.5) is 11.4 Å². The van der Waals surface area contributed by atoms with Crippen molar-refractivity contribution in [3.8, 4) is 0 Å². The quantitative estimate of drug-likeness (QED) is 0.300. The standard InChI is InChI=1S/C20H34N2O3S.Na/c1-2-3-4-5-6-7-8-9-10-11-12-13-20-21-18-15-14-17(26(23,24)25)16-19(18)22-20;/h14-16,20-22H,2-13H2,1H3,(H,23,24,25);/q;+1/p-1. The molecule has 1 aromatic carbocycles. The van der Waals surface area contributed by atoms with Gasteiger partial charge in [0.05, 0.1) is 22.4 Å². The van der Waals surface area contributed by atoms with Crippen molar-refractivity contribution in [1.82, 2.24) is 0 Å². The minimum absolute atomic E-state index is 0. The average molecular weight is 405 g/mol. The van der Waals surface area contributed by atoms with Crippen LogP contribution in [0.1, 0.15) is 84.0 Å². The summed E-state index contributed by atoms with van der Waals surface area (Å²) in [5, 5.41) is 6.61. The van der Waals surface area contributed by atoms with E-state index < -0.39 is 10.1 Å². The van der Waals surface area contributed by atoms with Crippen molar-refractivity contribution in [3.63, 3.8) is 0 Å². The van der Waals surface area contributed by atoms with Gasteiger partial charge in [0.2, 0.25) is 0 Å². The van der Waals surface area contributed by atoms with E-state index in [0.717, 1.165) is 18.5 Å². The maximum Gasteiger partial charge on any atom is 1.00 e. The van der Waals surface area contributed by atoms with Crippen LogP contribution in [0.25, 0.3) is 0 Å². The van der Waals surface area contributed by atoms with E-state index in [1.165, 1.54) is 76.3 Å². The maximum absolute atomic E-state index is 11.1. The van der Waals surface area contributed by atoms with Crippen LogP contribution in [0.15, 0.2) is 23.1 Å². The van der Waals surface area contributed by atoms with E-state index >= 15 is 0 Å². The number of nitrogens with one attached hydrogen (secondary N) is 2. The third-order valence-corrected chi connectivity index (χ3v) is 5.87. The molecule has 2 rings (SSSR count). The fourth-order valence-electron chi connectivity index (χ4n) is 3.49. The van der Waals surface area contributed by atoms with E-state index in [-0.39, 0.29) is 40.6 Å². The predicted octanol–water partition coefficient (Wildman–Crippen LogP) is 2.46. The zero-order valence-corrected chi connectivity index (χ0v) is 19.7. The van der Waals surface area contributed by atoms with Crippen LogP contribution >= 0.6 is 0 Å². The number of fused-ring (bicyclic) bond motifs is 1. The molecule has 0 aliphatic carbocycles. The molecule has 1 unspecified atom stereocenters. The molecule has 1 aliphatic heterocycles. The first kappa shape index (κ1) is 24.8. The molecule has 148 valence electrons. The third kappa shape index (κ3) is 9.18. The summed E-state index contributed by atoms with van der Waals surface area (Å²) in [6.07, 6.45) is 15.7. The van der Waals surface area contributed by atoms with Gasteiger partial charge in [-0.1, -0.05) is 71.1 Å². The SMILES string of the molecule is CCCCCCCCCCCCCC1Nc2ccc(S(=O)(=O)[O-])cc2N1.[Na+]. The third-order valence-electron chi connectivity index (χ3n) is 5.04. The van der Waals surface area contributed by atoms with Gasteiger partial charge in [-0.15, -0.1) is 0 Å². The summed E-state index contributed by atoms with van der Waals surface area (Å²) >= 11 is 0. The summed E-state index contributed by atoms with van der Waals surface area (Å²) in [4.78, 5) is -0.180. The van der Waals surface area contributed by atoms with Crippen LogP contribution in [0.2, 0.25) is 0 Å². The summed E-state index contributed by atoms with van der Waals surface area (Å²) in [6.45, 7) is 2.25. The number of anilines is 2. The second-order valence-corrected chi connectivity index (χ2v) is 8.71. The zero-order valence-electron chi connectivity index (χ0n) is 16.9. The number of hydrogen-bond acceptors (Lipinski definition) is 5.